The van der Waals surface area contributed by atoms with Crippen molar-refractivity contribution in [2.75, 3.05) is 18.6 Å². The van der Waals surface area contributed by atoms with Crippen LogP contribution in [0.1, 0.15) is 12.0 Å². The summed E-state index contributed by atoms with van der Waals surface area (Å²) in [6, 6.07) is 13.4. The summed E-state index contributed by atoms with van der Waals surface area (Å²) in [5.41, 5.74) is 0.501. The number of hydrogen-bond donors (Lipinski definition) is 1. The van der Waals surface area contributed by atoms with Gasteiger partial charge >= 0.3 is 0 Å². The van der Waals surface area contributed by atoms with Gasteiger partial charge in [-0.25, -0.2) is 13.0 Å². The summed E-state index contributed by atoms with van der Waals surface area (Å²) < 4.78 is 29.7. The minimum atomic E-state index is -3.06. The second-order valence-electron chi connectivity index (χ2n) is 6.96. The SMILES string of the molecule is COc1ccc(-n2c(O)c(C=N[C@@H]3CCS(=O)(=O)C3)c3ccccc3c2=O)cc1. The van der Waals surface area contributed by atoms with Crippen LogP contribution in [0.2, 0.25) is 0 Å². The lowest BCUT2D eigenvalue weighted by Crippen LogP contribution is -2.20. The van der Waals surface area contributed by atoms with E-state index in [4.69, 9.17) is 4.74 Å². The van der Waals surface area contributed by atoms with Crippen LogP contribution in [0, 0.1) is 0 Å². The zero-order valence-corrected chi connectivity index (χ0v) is 16.6. The van der Waals surface area contributed by atoms with E-state index in [1.54, 1.807) is 55.6 Å². The predicted molar refractivity (Wildman–Crippen MR) is 112 cm³/mol. The van der Waals surface area contributed by atoms with Crippen molar-refractivity contribution in [2.45, 2.75) is 12.5 Å². The Kier molecular flexibility index (Phi) is 4.87. The molecule has 0 bridgehead atoms. The topological polar surface area (TPSA) is 98.0 Å². The molecule has 0 spiro atoms. The smallest absolute Gasteiger partial charge is 0.265 e. The Morgan fingerprint density at radius 3 is 2.45 bits per heavy atom. The molecule has 0 radical (unpaired) electrons. The molecule has 2 heterocycles. The van der Waals surface area contributed by atoms with Crippen molar-refractivity contribution in [1.82, 2.24) is 4.57 Å². The summed E-state index contributed by atoms with van der Waals surface area (Å²) in [4.78, 5) is 17.4. The van der Waals surface area contributed by atoms with E-state index in [0.717, 1.165) is 0 Å². The Morgan fingerprint density at radius 2 is 1.83 bits per heavy atom. The molecule has 0 saturated carbocycles. The lowest BCUT2D eigenvalue weighted by atomic mass is 10.1. The van der Waals surface area contributed by atoms with Gasteiger partial charge in [0.25, 0.3) is 5.56 Å². The van der Waals surface area contributed by atoms with Gasteiger partial charge in [-0.15, -0.1) is 0 Å². The number of hydrogen-bond acceptors (Lipinski definition) is 6. The number of ether oxygens (including phenoxy) is 1. The van der Waals surface area contributed by atoms with Crippen molar-refractivity contribution < 1.29 is 18.3 Å². The van der Waals surface area contributed by atoms with Crippen molar-refractivity contribution in [3.63, 3.8) is 0 Å². The lowest BCUT2D eigenvalue weighted by molar-refractivity contribution is 0.414. The van der Waals surface area contributed by atoms with E-state index < -0.39 is 9.84 Å². The van der Waals surface area contributed by atoms with Crippen LogP contribution in [0.5, 0.6) is 11.6 Å². The lowest BCUT2D eigenvalue weighted by Gasteiger charge is -2.14. The van der Waals surface area contributed by atoms with Crippen molar-refractivity contribution in [1.29, 1.82) is 0 Å². The highest BCUT2D eigenvalue weighted by atomic mass is 32.2. The molecule has 1 aromatic heterocycles. The van der Waals surface area contributed by atoms with Gasteiger partial charge in [0.05, 0.1) is 35.9 Å². The summed E-state index contributed by atoms with van der Waals surface area (Å²) in [6.07, 6.45) is 1.93. The monoisotopic (exact) mass is 412 g/mol. The number of pyridine rings is 1. The number of aromatic nitrogens is 1. The summed E-state index contributed by atoms with van der Waals surface area (Å²) in [5.74, 6) is 0.503. The third-order valence-corrected chi connectivity index (χ3v) is 6.81. The van der Waals surface area contributed by atoms with Crippen LogP contribution in [0.15, 0.2) is 58.3 Å². The van der Waals surface area contributed by atoms with Crippen molar-refractivity contribution in [3.8, 4) is 17.3 Å². The standard InChI is InChI=1S/C21H20N2O5S/c1-28-16-8-6-15(7-9-16)23-20(24)18-5-3-2-4-17(18)19(21(23)25)12-22-14-10-11-29(26,27)13-14/h2-9,12,14,25H,10-11,13H2,1H3/t14-/m1/s1. The number of methoxy groups -OCH3 is 1. The Bertz CT molecular complexity index is 1260. The maximum atomic E-state index is 13.0. The van der Waals surface area contributed by atoms with E-state index in [-0.39, 0.29) is 29.0 Å². The molecule has 1 saturated heterocycles. The molecule has 29 heavy (non-hydrogen) atoms. The number of aromatic hydroxyl groups is 1. The fraction of sp³-hybridized carbons (Fsp3) is 0.238. The second-order valence-corrected chi connectivity index (χ2v) is 9.19. The molecule has 1 N–H and O–H groups in total. The molecule has 1 aliphatic heterocycles. The van der Waals surface area contributed by atoms with E-state index in [0.29, 0.717) is 34.2 Å². The van der Waals surface area contributed by atoms with Crippen molar-refractivity contribution in [3.05, 3.63) is 64.4 Å². The molecule has 2 aromatic carbocycles. The van der Waals surface area contributed by atoms with Crippen LogP contribution in [0.3, 0.4) is 0 Å². The van der Waals surface area contributed by atoms with E-state index in [9.17, 15) is 18.3 Å². The molecule has 1 atom stereocenters. The Balaban J connectivity index is 1.88. The summed E-state index contributed by atoms with van der Waals surface area (Å²) in [7, 11) is -1.51. The number of nitrogens with zero attached hydrogens (tertiary/aromatic N) is 2. The summed E-state index contributed by atoms with van der Waals surface area (Å²) in [5, 5.41) is 11.9. The Hall–Kier alpha value is -3.13. The van der Waals surface area contributed by atoms with Crippen LogP contribution >= 0.6 is 0 Å². The summed E-state index contributed by atoms with van der Waals surface area (Å²) >= 11 is 0. The van der Waals surface area contributed by atoms with Crippen LogP contribution in [-0.2, 0) is 9.84 Å². The molecular weight excluding hydrogens is 392 g/mol. The van der Waals surface area contributed by atoms with Gasteiger partial charge in [0.1, 0.15) is 5.75 Å². The van der Waals surface area contributed by atoms with E-state index in [2.05, 4.69) is 4.99 Å². The predicted octanol–water partition coefficient (Wildman–Crippen LogP) is 2.31. The second kappa shape index (κ2) is 7.36. The highest BCUT2D eigenvalue weighted by molar-refractivity contribution is 7.91. The third-order valence-electron chi connectivity index (χ3n) is 5.06. The molecule has 8 heteroatoms. The largest absolute Gasteiger partial charge is 0.497 e. The summed E-state index contributed by atoms with van der Waals surface area (Å²) in [6.45, 7) is 0. The van der Waals surface area contributed by atoms with Gasteiger partial charge in [-0.1, -0.05) is 18.2 Å². The van der Waals surface area contributed by atoms with Crippen molar-refractivity contribution in [2.24, 2.45) is 4.99 Å². The molecule has 1 fully saturated rings. The van der Waals surface area contributed by atoms with Crippen LogP contribution < -0.4 is 10.3 Å². The number of rotatable bonds is 4. The zero-order chi connectivity index (χ0) is 20.6. The highest BCUT2D eigenvalue weighted by Crippen LogP contribution is 2.27. The average Bonchev–Trinajstić information content (AvgIpc) is 3.07. The van der Waals surface area contributed by atoms with Crippen LogP contribution in [-0.4, -0.2) is 49.0 Å². The fourth-order valence-corrected chi connectivity index (χ4v) is 5.17. The first-order valence-corrected chi connectivity index (χ1v) is 11.0. The van der Waals surface area contributed by atoms with Gasteiger partial charge in [0.2, 0.25) is 5.88 Å². The van der Waals surface area contributed by atoms with E-state index in [1.807, 2.05) is 0 Å². The first-order valence-electron chi connectivity index (χ1n) is 9.14. The number of benzene rings is 2. The highest BCUT2D eigenvalue weighted by Gasteiger charge is 2.27. The molecule has 3 aromatic rings. The minimum Gasteiger partial charge on any atom is -0.497 e. The molecule has 0 unspecified atom stereocenters. The molecule has 0 aliphatic carbocycles. The fourth-order valence-electron chi connectivity index (χ4n) is 3.53. The molecule has 4 rings (SSSR count). The maximum absolute atomic E-state index is 13.0. The zero-order valence-electron chi connectivity index (χ0n) is 15.8. The molecule has 1 aliphatic rings. The Morgan fingerprint density at radius 1 is 1.14 bits per heavy atom. The van der Waals surface area contributed by atoms with Crippen LogP contribution in [0.25, 0.3) is 16.5 Å². The van der Waals surface area contributed by atoms with E-state index >= 15 is 0 Å². The quantitative estimate of drug-likeness (QED) is 0.663. The van der Waals surface area contributed by atoms with E-state index in [1.165, 1.54) is 10.8 Å². The first-order chi connectivity index (χ1) is 13.9. The molecule has 7 nitrogen and oxygen atoms in total. The molecule has 0 amide bonds. The number of sulfone groups is 1. The van der Waals surface area contributed by atoms with Crippen LogP contribution in [0.4, 0.5) is 0 Å². The third kappa shape index (κ3) is 3.63. The van der Waals surface area contributed by atoms with Gasteiger partial charge in [0.15, 0.2) is 9.84 Å². The minimum absolute atomic E-state index is 0.000311. The number of fused-ring (bicyclic) bond motifs is 1. The normalized spacial score (nSPS) is 18.4. The number of aliphatic imine (C=N–C) groups is 1. The average molecular weight is 412 g/mol. The van der Waals surface area contributed by atoms with Gasteiger partial charge in [-0.05, 0) is 36.8 Å². The van der Waals surface area contributed by atoms with Crippen molar-refractivity contribution >= 4 is 26.8 Å². The van der Waals surface area contributed by atoms with Gasteiger partial charge in [-0.3, -0.25) is 9.79 Å². The Labute approximate surface area is 167 Å². The van der Waals surface area contributed by atoms with Gasteiger partial charge < -0.3 is 9.84 Å². The van der Waals surface area contributed by atoms with Gasteiger partial charge in [0, 0.05) is 17.0 Å². The first kappa shape index (κ1) is 19.2. The van der Waals surface area contributed by atoms with Gasteiger partial charge in [-0.2, -0.15) is 0 Å². The molecule has 150 valence electrons. The maximum Gasteiger partial charge on any atom is 0.265 e. The molecular formula is C21H20N2O5S.